The molecular weight excluding hydrogens is 685 g/mol. The van der Waals surface area contributed by atoms with Gasteiger partial charge in [0.1, 0.15) is 5.75 Å². The number of aromatic nitrogens is 3. The number of aromatic hydroxyl groups is 1. The van der Waals surface area contributed by atoms with Crippen LogP contribution in [-0.4, -0.2) is 20.1 Å². The van der Waals surface area contributed by atoms with Gasteiger partial charge in [-0.3, -0.25) is 9.97 Å². The van der Waals surface area contributed by atoms with Gasteiger partial charge in [-0.25, -0.2) is 0 Å². The molecule has 208 valence electrons. The van der Waals surface area contributed by atoms with E-state index in [0.717, 1.165) is 44.8 Å². The minimum atomic E-state index is 0. The van der Waals surface area contributed by atoms with Gasteiger partial charge < -0.3 is 10.1 Å². The number of para-hydroxylation sites is 3. The van der Waals surface area contributed by atoms with Crippen molar-refractivity contribution in [2.24, 2.45) is 0 Å². The van der Waals surface area contributed by atoms with Crippen molar-refractivity contribution in [2.45, 2.75) is 39.5 Å². The Hall–Kier alpha value is -4.01. The van der Waals surface area contributed by atoms with Crippen LogP contribution in [0.4, 0.5) is 0 Å². The number of hydrogen-bond acceptors (Lipinski definition) is 3. The Morgan fingerprint density at radius 1 is 0.659 bits per heavy atom. The van der Waals surface area contributed by atoms with E-state index >= 15 is 0 Å². The van der Waals surface area contributed by atoms with Crippen LogP contribution in [-0.2, 0) is 21.1 Å². The maximum Gasteiger partial charge on any atom is 0.124 e. The van der Waals surface area contributed by atoms with E-state index < -0.39 is 0 Å². The first-order valence-electron chi connectivity index (χ1n) is 13.8. The van der Waals surface area contributed by atoms with Crippen LogP contribution in [0.1, 0.15) is 50.7 Å². The second-order valence-electron chi connectivity index (χ2n) is 10.9. The van der Waals surface area contributed by atoms with Gasteiger partial charge in [-0.15, -0.1) is 24.3 Å². The zero-order chi connectivity index (χ0) is 27.8. The van der Waals surface area contributed by atoms with Crippen molar-refractivity contribution in [1.29, 1.82) is 0 Å². The second kappa shape index (κ2) is 11.8. The van der Waals surface area contributed by atoms with Crippen molar-refractivity contribution >= 4 is 11.0 Å². The smallest absolute Gasteiger partial charge is 0.124 e. The van der Waals surface area contributed by atoms with Gasteiger partial charge in [0.15, 0.2) is 0 Å². The van der Waals surface area contributed by atoms with Crippen LogP contribution < -0.4 is 0 Å². The first-order valence-corrected chi connectivity index (χ1v) is 13.8. The minimum absolute atomic E-state index is 0. The molecule has 0 radical (unpaired) electrons. The molecule has 0 aliphatic carbocycles. The number of hydrogen-bond donors (Lipinski definition) is 2. The number of nitrogens with one attached hydrogen (secondary N) is 1. The zero-order valence-corrected chi connectivity index (χ0v) is 25.8. The molecule has 0 aliphatic heterocycles. The Balaban J connectivity index is 0.00000337. The van der Waals surface area contributed by atoms with E-state index in [1.165, 1.54) is 11.1 Å². The zero-order valence-electron chi connectivity index (χ0n) is 23.6. The Labute approximate surface area is 255 Å². The van der Waals surface area contributed by atoms with E-state index in [4.69, 9.17) is 9.97 Å². The van der Waals surface area contributed by atoms with Crippen molar-refractivity contribution in [3.05, 3.63) is 114 Å². The average molecular weight is 718 g/mol. The van der Waals surface area contributed by atoms with Crippen molar-refractivity contribution in [1.82, 2.24) is 15.0 Å². The maximum absolute atomic E-state index is 10.7. The Kier molecular flexibility index (Phi) is 8.24. The summed E-state index contributed by atoms with van der Waals surface area (Å²) in [4.78, 5) is 13.2. The predicted molar refractivity (Wildman–Crippen MR) is 164 cm³/mol. The van der Waals surface area contributed by atoms with Crippen LogP contribution in [0, 0.1) is 6.07 Å². The molecule has 0 bridgehead atoms. The first-order chi connectivity index (χ1) is 19.4. The van der Waals surface area contributed by atoms with Crippen molar-refractivity contribution in [3.63, 3.8) is 0 Å². The van der Waals surface area contributed by atoms with Gasteiger partial charge in [-0.05, 0) is 64.4 Å². The van der Waals surface area contributed by atoms with Gasteiger partial charge in [0.25, 0.3) is 0 Å². The molecule has 0 aliphatic rings. The van der Waals surface area contributed by atoms with E-state index in [1.54, 1.807) is 6.07 Å². The standard InChI is InChI=1S/C36H32N3O.Pt/c1-22(2)26-17-27(23(3)4)19-28(18-26)29-20-33(37-34(21-29)30-12-5-8-15-35(30)40)24-10-9-11-25(16-24)36-38-31-13-6-7-14-32(31)39-36;/h5-15,17-23,40H,1-4H3,(H,38,39);/q-1;. The normalized spacial score (nSPS) is 11.3. The van der Waals surface area contributed by atoms with Crippen molar-refractivity contribution in [3.8, 4) is 50.8 Å². The van der Waals surface area contributed by atoms with Crippen LogP contribution in [0.15, 0.2) is 97.1 Å². The SMILES string of the molecule is CC(C)c1cc(-c2cc(-c3[c-]c(-c4nc5ccccc5[nH]4)ccc3)nc(-c3ccccc3O)c2)cc(C(C)C)c1.[Pt]. The molecule has 41 heavy (non-hydrogen) atoms. The van der Waals surface area contributed by atoms with Gasteiger partial charge in [0, 0.05) is 32.3 Å². The molecular formula is C36H32N3OPt-. The topological polar surface area (TPSA) is 61.8 Å². The van der Waals surface area contributed by atoms with E-state index in [9.17, 15) is 5.11 Å². The molecule has 4 nitrogen and oxygen atoms in total. The molecule has 2 heterocycles. The number of pyridine rings is 1. The minimum Gasteiger partial charge on any atom is -0.507 e. The second-order valence-corrected chi connectivity index (χ2v) is 10.9. The van der Waals surface area contributed by atoms with Gasteiger partial charge in [0.05, 0.1) is 22.6 Å². The number of imidazole rings is 1. The summed E-state index contributed by atoms with van der Waals surface area (Å²) in [6.45, 7) is 8.92. The number of phenolic OH excluding ortho intramolecular Hbond substituents is 1. The molecule has 0 unspecified atom stereocenters. The van der Waals surface area contributed by atoms with Crippen LogP contribution in [0.2, 0.25) is 0 Å². The van der Waals surface area contributed by atoms with Crippen LogP contribution in [0.25, 0.3) is 56.1 Å². The molecule has 5 heteroatoms. The van der Waals surface area contributed by atoms with E-state index in [2.05, 4.69) is 69.1 Å². The largest absolute Gasteiger partial charge is 0.507 e. The number of aromatic amines is 1. The van der Waals surface area contributed by atoms with E-state index in [0.29, 0.717) is 23.1 Å². The fraction of sp³-hybridized carbons (Fsp3) is 0.167. The maximum atomic E-state index is 10.7. The number of rotatable bonds is 6. The van der Waals surface area contributed by atoms with Crippen LogP contribution in [0.5, 0.6) is 5.75 Å². The summed E-state index contributed by atoms with van der Waals surface area (Å²) in [5.74, 6) is 1.79. The third kappa shape index (κ3) is 5.89. The Bertz CT molecular complexity index is 1780. The Morgan fingerprint density at radius 3 is 2.00 bits per heavy atom. The third-order valence-corrected chi connectivity index (χ3v) is 7.37. The summed E-state index contributed by atoms with van der Waals surface area (Å²) in [5.41, 5.74) is 10.7. The third-order valence-electron chi connectivity index (χ3n) is 7.37. The molecule has 0 spiro atoms. The van der Waals surface area contributed by atoms with Gasteiger partial charge >= 0.3 is 0 Å². The molecule has 2 N–H and O–H groups in total. The summed E-state index contributed by atoms with van der Waals surface area (Å²) in [7, 11) is 0. The summed E-state index contributed by atoms with van der Waals surface area (Å²) < 4.78 is 0. The van der Waals surface area contributed by atoms with Gasteiger partial charge in [-0.2, -0.15) is 0 Å². The molecule has 0 saturated carbocycles. The average Bonchev–Trinajstić information content (AvgIpc) is 3.41. The summed E-state index contributed by atoms with van der Waals surface area (Å²) in [6.07, 6.45) is 0. The van der Waals surface area contributed by atoms with Crippen molar-refractivity contribution < 1.29 is 26.2 Å². The molecule has 0 amide bonds. The molecule has 0 saturated heterocycles. The number of H-pyrrole nitrogens is 1. The summed E-state index contributed by atoms with van der Waals surface area (Å²) in [5, 5.41) is 10.7. The fourth-order valence-electron chi connectivity index (χ4n) is 5.01. The number of fused-ring (bicyclic) bond motifs is 1. The molecule has 2 aromatic heterocycles. The number of phenols is 1. The van der Waals surface area contributed by atoms with E-state index in [-0.39, 0.29) is 26.8 Å². The molecule has 6 rings (SSSR count). The quantitative estimate of drug-likeness (QED) is 0.169. The summed E-state index contributed by atoms with van der Waals surface area (Å²) in [6, 6.07) is 36.0. The predicted octanol–water partition coefficient (Wildman–Crippen LogP) is 9.38. The van der Waals surface area contributed by atoms with E-state index in [1.807, 2.05) is 60.7 Å². The van der Waals surface area contributed by atoms with Crippen molar-refractivity contribution in [2.75, 3.05) is 0 Å². The molecule has 4 aromatic carbocycles. The van der Waals surface area contributed by atoms with Crippen LogP contribution >= 0.6 is 0 Å². The fourth-order valence-corrected chi connectivity index (χ4v) is 5.01. The van der Waals surface area contributed by atoms with Gasteiger partial charge in [0.2, 0.25) is 0 Å². The molecule has 0 fully saturated rings. The number of nitrogens with zero attached hydrogens (tertiary/aromatic N) is 2. The van der Waals surface area contributed by atoms with Crippen LogP contribution in [0.3, 0.4) is 0 Å². The number of benzene rings is 4. The molecule has 0 atom stereocenters. The monoisotopic (exact) mass is 717 g/mol. The van der Waals surface area contributed by atoms with Gasteiger partial charge in [-0.1, -0.05) is 87.4 Å². The Morgan fingerprint density at radius 2 is 1.29 bits per heavy atom. The summed E-state index contributed by atoms with van der Waals surface area (Å²) >= 11 is 0. The molecule has 6 aromatic rings. The first kappa shape index (κ1) is 28.5.